The zero-order valence-corrected chi connectivity index (χ0v) is 18.3. The highest BCUT2D eigenvalue weighted by atomic mass is 15.2. The van der Waals surface area contributed by atoms with Gasteiger partial charge in [0.2, 0.25) is 0 Å². The molecule has 2 nitrogen and oxygen atoms in total. The van der Waals surface area contributed by atoms with Gasteiger partial charge in [0.05, 0.1) is 6.04 Å². The van der Waals surface area contributed by atoms with Gasteiger partial charge in [-0.2, -0.15) is 0 Å². The lowest BCUT2D eigenvalue weighted by molar-refractivity contribution is 0.373. The number of rotatable bonds is 5. The summed E-state index contributed by atoms with van der Waals surface area (Å²) in [7, 11) is 2.11. The van der Waals surface area contributed by atoms with E-state index < -0.39 is 0 Å². The van der Waals surface area contributed by atoms with Gasteiger partial charge in [-0.05, 0) is 49.3 Å². The molecule has 29 heavy (non-hydrogen) atoms. The average Bonchev–Trinajstić information content (AvgIpc) is 2.80. The number of benzene rings is 3. The second-order valence-corrected chi connectivity index (χ2v) is 7.60. The molecule has 0 aromatic heterocycles. The zero-order chi connectivity index (χ0) is 20.6. The zero-order valence-electron chi connectivity index (χ0n) is 18.3. The van der Waals surface area contributed by atoms with E-state index in [9.17, 15) is 0 Å². The molecule has 152 valence electrons. The molecule has 3 aromatic carbocycles. The van der Waals surface area contributed by atoms with E-state index in [1.807, 2.05) is 0 Å². The maximum Gasteiger partial charge on any atom is 0.0802 e. The first kappa shape index (κ1) is 21.1. The molecule has 1 aliphatic heterocycles. The predicted octanol–water partition coefficient (Wildman–Crippen LogP) is 6.63. The van der Waals surface area contributed by atoms with Crippen LogP contribution in [-0.2, 0) is 0 Å². The van der Waals surface area contributed by atoms with Crippen LogP contribution in [0.4, 0.5) is 5.69 Å². The molecule has 0 N–H and O–H groups in total. The summed E-state index contributed by atoms with van der Waals surface area (Å²) < 4.78 is 0. The third-order valence-electron chi connectivity index (χ3n) is 5.73. The minimum Gasteiger partial charge on any atom is -0.360 e. The van der Waals surface area contributed by atoms with E-state index in [2.05, 4.69) is 116 Å². The standard InChI is InChI=1S/C22H21N.C5H13N/c1-2-16-23-21-15-9-8-13-19(21)18-12-6-7-14-20(18)22(23)17-10-4-3-5-11-17;1-4-6(3)5-2/h3-15,22H,2,16H2,1H3;4-5H2,1-3H3. The largest absolute Gasteiger partial charge is 0.360 e. The second-order valence-electron chi connectivity index (χ2n) is 7.60. The predicted molar refractivity (Wildman–Crippen MR) is 127 cm³/mol. The fourth-order valence-electron chi connectivity index (χ4n) is 3.95. The van der Waals surface area contributed by atoms with Gasteiger partial charge < -0.3 is 9.80 Å². The average molecular weight is 387 g/mol. The van der Waals surface area contributed by atoms with Crippen LogP contribution in [0.3, 0.4) is 0 Å². The van der Waals surface area contributed by atoms with Gasteiger partial charge in [-0.3, -0.25) is 0 Å². The van der Waals surface area contributed by atoms with Crippen LogP contribution in [0.5, 0.6) is 0 Å². The van der Waals surface area contributed by atoms with Crippen molar-refractivity contribution < 1.29 is 0 Å². The smallest absolute Gasteiger partial charge is 0.0802 e. The molecule has 3 aromatic rings. The maximum atomic E-state index is 2.56. The summed E-state index contributed by atoms with van der Waals surface area (Å²) in [6, 6.07) is 28.8. The summed E-state index contributed by atoms with van der Waals surface area (Å²) in [6.45, 7) is 9.95. The summed E-state index contributed by atoms with van der Waals surface area (Å²) >= 11 is 0. The summed E-state index contributed by atoms with van der Waals surface area (Å²) in [6.07, 6.45) is 1.14. The van der Waals surface area contributed by atoms with Crippen LogP contribution in [0.15, 0.2) is 78.9 Å². The molecule has 0 spiro atoms. The number of hydrogen-bond acceptors (Lipinski definition) is 2. The fourth-order valence-corrected chi connectivity index (χ4v) is 3.95. The number of nitrogens with zero attached hydrogens (tertiary/aromatic N) is 2. The van der Waals surface area contributed by atoms with Gasteiger partial charge in [-0.1, -0.05) is 93.6 Å². The Hall–Kier alpha value is -2.58. The van der Waals surface area contributed by atoms with Crippen molar-refractivity contribution in [2.75, 3.05) is 31.6 Å². The van der Waals surface area contributed by atoms with E-state index in [1.54, 1.807) is 0 Å². The molecule has 0 saturated heterocycles. The third kappa shape index (κ3) is 4.71. The summed E-state index contributed by atoms with van der Waals surface area (Å²) in [5.41, 5.74) is 6.84. The number of para-hydroxylation sites is 1. The van der Waals surface area contributed by atoms with Gasteiger partial charge in [0, 0.05) is 17.8 Å². The molecule has 1 atom stereocenters. The van der Waals surface area contributed by atoms with E-state index in [0.29, 0.717) is 6.04 Å². The highest BCUT2D eigenvalue weighted by Gasteiger charge is 2.30. The molecule has 0 amide bonds. The Labute approximate surface area is 176 Å². The van der Waals surface area contributed by atoms with Crippen LogP contribution < -0.4 is 4.90 Å². The van der Waals surface area contributed by atoms with Crippen molar-refractivity contribution in [2.45, 2.75) is 33.2 Å². The normalized spacial score (nSPS) is 14.7. The molecule has 0 radical (unpaired) electrons. The minimum atomic E-state index is 0.294. The summed E-state index contributed by atoms with van der Waals surface area (Å²) in [5, 5.41) is 0. The van der Waals surface area contributed by atoms with Crippen LogP contribution in [0, 0.1) is 0 Å². The van der Waals surface area contributed by atoms with Crippen molar-refractivity contribution >= 4 is 5.69 Å². The summed E-state index contributed by atoms with van der Waals surface area (Å²) in [4.78, 5) is 4.81. The SMILES string of the molecule is CCCN1c2ccccc2-c2ccccc2C1c1ccccc1.CCN(C)CC. The Morgan fingerprint density at radius 3 is 1.93 bits per heavy atom. The number of hydrogen-bond donors (Lipinski definition) is 0. The Morgan fingerprint density at radius 2 is 1.31 bits per heavy atom. The molecule has 4 rings (SSSR count). The van der Waals surface area contributed by atoms with E-state index >= 15 is 0 Å². The summed E-state index contributed by atoms with van der Waals surface area (Å²) in [5.74, 6) is 0. The Bertz CT molecular complexity index is 884. The minimum absolute atomic E-state index is 0.294. The molecular formula is C27H34N2. The van der Waals surface area contributed by atoms with Crippen LogP contribution >= 0.6 is 0 Å². The molecule has 0 aliphatic carbocycles. The van der Waals surface area contributed by atoms with Crippen molar-refractivity contribution in [1.82, 2.24) is 4.90 Å². The van der Waals surface area contributed by atoms with Crippen molar-refractivity contribution in [3.8, 4) is 11.1 Å². The van der Waals surface area contributed by atoms with Gasteiger partial charge in [-0.25, -0.2) is 0 Å². The highest BCUT2D eigenvalue weighted by Crippen LogP contribution is 2.46. The van der Waals surface area contributed by atoms with Gasteiger partial charge >= 0.3 is 0 Å². The Morgan fingerprint density at radius 1 is 0.724 bits per heavy atom. The maximum absolute atomic E-state index is 2.56. The first-order valence-corrected chi connectivity index (χ1v) is 10.9. The molecule has 1 aliphatic rings. The highest BCUT2D eigenvalue weighted by molar-refractivity contribution is 5.85. The van der Waals surface area contributed by atoms with Crippen molar-refractivity contribution in [2.24, 2.45) is 0 Å². The fraction of sp³-hybridized carbons (Fsp3) is 0.333. The van der Waals surface area contributed by atoms with Gasteiger partial charge in [0.25, 0.3) is 0 Å². The molecule has 2 heteroatoms. The first-order chi connectivity index (χ1) is 14.2. The molecule has 1 unspecified atom stereocenters. The van der Waals surface area contributed by atoms with Gasteiger partial charge in [0.1, 0.15) is 0 Å². The van der Waals surface area contributed by atoms with Gasteiger partial charge in [-0.15, -0.1) is 0 Å². The topological polar surface area (TPSA) is 6.48 Å². The monoisotopic (exact) mass is 386 g/mol. The molecule has 0 fully saturated rings. The molecule has 0 bridgehead atoms. The molecule has 0 saturated carbocycles. The number of fused-ring (bicyclic) bond motifs is 3. The van der Waals surface area contributed by atoms with Crippen LogP contribution in [0.2, 0.25) is 0 Å². The Balaban J connectivity index is 0.000000353. The van der Waals surface area contributed by atoms with Crippen LogP contribution in [-0.4, -0.2) is 31.6 Å². The lowest BCUT2D eigenvalue weighted by Gasteiger charge is -2.40. The molecular weight excluding hydrogens is 352 g/mol. The van der Waals surface area contributed by atoms with Crippen molar-refractivity contribution in [3.63, 3.8) is 0 Å². The first-order valence-electron chi connectivity index (χ1n) is 10.9. The van der Waals surface area contributed by atoms with Crippen molar-refractivity contribution in [1.29, 1.82) is 0 Å². The van der Waals surface area contributed by atoms with Crippen LogP contribution in [0.25, 0.3) is 11.1 Å². The van der Waals surface area contributed by atoms with Gasteiger partial charge in [0.15, 0.2) is 0 Å². The van der Waals surface area contributed by atoms with Crippen molar-refractivity contribution in [3.05, 3.63) is 90.0 Å². The lowest BCUT2D eigenvalue weighted by atomic mass is 9.85. The van der Waals surface area contributed by atoms with E-state index in [-0.39, 0.29) is 0 Å². The lowest BCUT2D eigenvalue weighted by Crippen LogP contribution is -2.33. The second kappa shape index (κ2) is 10.3. The third-order valence-corrected chi connectivity index (χ3v) is 5.73. The van der Waals surface area contributed by atoms with E-state index in [4.69, 9.17) is 0 Å². The van der Waals surface area contributed by atoms with E-state index in [0.717, 1.165) is 26.1 Å². The quantitative estimate of drug-likeness (QED) is 0.485. The Kier molecular flexibility index (Phi) is 7.48. The van der Waals surface area contributed by atoms with Crippen LogP contribution in [0.1, 0.15) is 44.4 Å². The number of anilines is 1. The van der Waals surface area contributed by atoms with E-state index in [1.165, 1.54) is 27.9 Å². The molecule has 1 heterocycles.